The molecule has 0 bridgehead atoms. The molecule has 1 atom stereocenters. The number of nitrogens with two attached hydrogens (primary N) is 1. The molecule has 0 aliphatic heterocycles. The highest BCUT2D eigenvalue weighted by molar-refractivity contribution is 5.89. The van der Waals surface area contributed by atoms with E-state index in [9.17, 15) is 4.79 Å². The second kappa shape index (κ2) is 9.52. The molecule has 0 saturated heterocycles. The number of urea groups is 1. The molecule has 1 unspecified atom stereocenters. The van der Waals surface area contributed by atoms with E-state index in [4.69, 9.17) is 15.5 Å². The zero-order valence-corrected chi connectivity index (χ0v) is 18.9. The van der Waals surface area contributed by atoms with Crippen LogP contribution in [0.2, 0.25) is 0 Å². The predicted molar refractivity (Wildman–Crippen MR) is 125 cm³/mol. The summed E-state index contributed by atoms with van der Waals surface area (Å²) in [6.07, 6.45) is 5.75. The number of nitrogen functional groups attached to an aromatic ring is 1. The third kappa shape index (κ3) is 4.83. The van der Waals surface area contributed by atoms with Crippen molar-refractivity contribution in [3.05, 3.63) is 41.6 Å². The number of pyridine rings is 2. The summed E-state index contributed by atoms with van der Waals surface area (Å²) in [6, 6.07) is 3.27. The van der Waals surface area contributed by atoms with Crippen LogP contribution >= 0.6 is 0 Å². The van der Waals surface area contributed by atoms with Gasteiger partial charge in [0.15, 0.2) is 5.82 Å². The second-order valence-corrected chi connectivity index (χ2v) is 8.39. The minimum absolute atomic E-state index is 0.281. The van der Waals surface area contributed by atoms with Crippen molar-refractivity contribution in [2.75, 3.05) is 30.8 Å². The number of fused-ring (bicyclic) bond motifs is 1. The lowest BCUT2D eigenvalue weighted by molar-refractivity contribution is 0.129. The molecule has 3 aromatic heterocycles. The average Bonchev–Trinajstić information content (AvgIpc) is 3.55. The lowest BCUT2D eigenvalue weighted by Gasteiger charge is -2.16. The van der Waals surface area contributed by atoms with Gasteiger partial charge in [0.1, 0.15) is 11.3 Å². The van der Waals surface area contributed by atoms with Crippen LogP contribution in [0.3, 0.4) is 0 Å². The van der Waals surface area contributed by atoms with E-state index in [1.165, 1.54) is 12.8 Å². The van der Waals surface area contributed by atoms with E-state index in [0.717, 1.165) is 28.1 Å². The lowest BCUT2D eigenvalue weighted by atomic mass is 10.1. The molecule has 0 spiro atoms. The van der Waals surface area contributed by atoms with Crippen LogP contribution < -0.4 is 16.4 Å². The molecule has 4 rings (SSSR count). The molecule has 9 heteroatoms. The summed E-state index contributed by atoms with van der Waals surface area (Å²) in [4.78, 5) is 25.3. The zero-order valence-electron chi connectivity index (χ0n) is 18.9. The van der Waals surface area contributed by atoms with Gasteiger partial charge in [0, 0.05) is 30.9 Å². The first-order chi connectivity index (χ1) is 15.5. The molecule has 3 aromatic rings. The van der Waals surface area contributed by atoms with Crippen molar-refractivity contribution in [1.29, 1.82) is 0 Å². The van der Waals surface area contributed by atoms with Crippen LogP contribution in [-0.4, -0.2) is 45.3 Å². The molecule has 4 N–H and O–H groups in total. The molecule has 3 heterocycles. The third-order valence-electron chi connectivity index (χ3n) is 6.07. The maximum atomic E-state index is 11.9. The van der Waals surface area contributed by atoms with Gasteiger partial charge in [-0.25, -0.2) is 14.8 Å². The summed E-state index contributed by atoms with van der Waals surface area (Å²) in [7, 11) is 0. The lowest BCUT2D eigenvalue weighted by Crippen LogP contribution is -2.31. The Bertz CT molecular complexity index is 1090. The largest absolute Gasteiger partial charge is 0.382 e. The summed E-state index contributed by atoms with van der Waals surface area (Å²) >= 11 is 0. The van der Waals surface area contributed by atoms with Crippen LogP contribution in [0.1, 0.15) is 42.8 Å². The minimum atomic E-state index is -0.281. The van der Waals surface area contributed by atoms with E-state index in [1.54, 1.807) is 24.5 Å². The Balaban J connectivity index is 1.35. The first-order valence-electron chi connectivity index (χ1n) is 11.1. The predicted octanol–water partition coefficient (Wildman–Crippen LogP) is 3.38. The van der Waals surface area contributed by atoms with Gasteiger partial charge in [0.25, 0.3) is 0 Å². The fraction of sp³-hybridized carbons (Fsp3) is 0.478. The van der Waals surface area contributed by atoms with Gasteiger partial charge in [-0.3, -0.25) is 4.98 Å². The monoisotopic (exact) mass is 437 g/mol. The Kier molecular flexibility index (Phi) is 6.55. The number of rotatable bonds is 9. The number of nitrogens with one attached hydrogen (secondary N) is 2. The maximum Gasteiger partial charge on any atom is 0.319 e. The molecule has 170 valence electrons. The van der Waals surface area contributed by atoms with E-state index in [1.807, 2.05) is 6.92 Å². The van der Waals surface area contributed by atoms with E-state index in [0.29, 0.717) is 49.6 Å². The number of carbonyl (C=O) groups excluding carboxylic acids is 1. The summed E-state index contributed by atoms with van der Waals surface area (Å²) in [5.74, 6) is 2.60. The van der Waals surface area contributed by atoms with Crippen molar-refractivity contribution in [2.45, 2.75) is 46.1 Å². The minimum Gasteiger partial charge on any atom is -0.382 e. The SMILES string of the molecule is Cc1nc(N)c2nc(C(C)C3CC3)n(CCOCCNC(=O)Nc3cccnc3)c2c1C. The van der Waals surface area contributed by atoms with E-state index >= 15 is 0 Å². The highest BCUT2D eigenvalue weighted by atomic mass is 16.5. The van der Waals surface area contributed by atoms with E-state index in [2.05, 4.69) is 39.0 Å². The number of aromatic nitrogens is 4. The van der Waals surface area contributed by atoms with Gasteiger partial charge in [0.2, 0.25) is 0 Å². The van der Waals surface area contributed by atoms with Crippen molar-refractivity contribution >= 4 is 28.6 Å². The zero-order chi connectivity index (χ0) is 22.7. The Hall–Kier alpha value is -3.20. The molecule has 1 aliphatic carbocycles. The van der Waals surface area contributed by atoms with Crippen LogP contribution in [0.15, 0.2) is 24.5 Å². The number of hydrogen-bond donors (Lipinski definition) is 3. The molecule has 1 saturated carbocycles. The molecular formula is C23H31N7O2. The number of aryl methyl sites for hydroxylation is 2. The van der Waals surface area contributed by atoms with Crippen LogP contribution in [0, 0.1) is 19.8 Å². The van der Waals surface area contributed by atoms with E-state index < -0.39 is 0 Å². The number of ether oxygens (including phenoxy) is 1. The number of amides is 2. The first-order valence-corrected chi connectivity index (χ1v) is 11.1. The highest BCUT2D eigenvalue weighted by Gasteiger charge is 2.33. The molecule has 0 radical (unpaired) electrons. The van der Waals surface area contributed by atoms with Crippen LogP contribution in [-0.2, 0) is 11.3 Å². The molecule has 2 amide bonds. The van der Waals surface area contributed by atoms with Crippen molar-refractivity contribution in [1.82, 2.24) is 24.8 Å². The average molecular weight is 438 g/mol. The highest BCUT2D eigenvalue weighted by Crippen LogP contribution is 2.43. The van der Waals surface area contributed by atoms with Crippen molar-refractivity contribution in [3.63, 3.8) is 0 Å². The van der Waals surface area contributed by atoms with Gasteiger partial charge >= 0.3 is 6.03 Å². The van der Waals surface area contributed by atoms with Crippen LogP contribution in [0.25, 0.3) is 11.0 Å². The number of anilines is 2. The van der Waals surface area contributed by atoms with Crippen LogP contribution in [0.4, 0.5) is 16.3 Å². The Morgan fingerprint density at radius 1 is 1.31 bits per heavy atom. The van der Waals surface area contributed by atoms with Crippen molar-refractivity contribution in [2.24, 2.45) is 5.92 Å². The summed E-state index contributed by atoms with van der Waals surface area (Å²) in [5.41, 5.74) is 10.7. The van der Waals surface area contributed by atoms with Gasteiger partial charge in [-0.15, -0.1) is 0 Å². The summed E-state index contributed by atoms with van der Waals surface area (Å²) in [5, 5.41) is 5.51. The van der Waals surface area contributed by atoms with Gasteiger partial charge in [0.05, 0.1) is 30.6 Å². The van der Waals surface area contributed by atoms with Gasteiger partial charge in [-0.2, -0.15) is 0 Å². The van der Waals surface area contributed by atoms with Crippen LogP contribution in [0.5, 0.6) is 0 Å². The van der Waals surface area contributed by atoms with Crippen molar-refractivity contribution in [3.8, 4) is 0 Å². The smallest absolute Gasteiger partial charge is 0.319 e. The van der Waals surface area contributed by atoms with Gasteiger partial charge in [-0.1, -0.05) is 6.92 Å². The normalized spacial score (nSPS) is 14.5. The number of imidazole rings is 1. The van der Waals surface area contributed by atoms with E-state index in [-0.39, 0.29) is 6.03 Å². The standard InChI is InChI=1S/C23H31N7O2/c1-14-16(3)27-21(24)19-20(14)30(22(29-19)15(2)17-6-7-17)10-12-32-11-9-26-23(31)28-18-5-4-8-25-13-18/h4-5,8,13,15,17H,6-7,9-12H2,1-3H3,(H2,24,27)(H2,26,28,31). The Morgan fingerprint density at radius 3 is 2.84 bits per heavy atom. The third-order valence-corrected chi connectivity index (χ3v) is 6.07. The fourth-order valence-corrected chi connectivity index (χ4v) is 4.01. The molecule has 32 heavy (non-hydrogen) atoms. The topological polar surface area (TPSA) is 120 Å². The number of carbonyl (C=O) groups is 1. The summed E-state index contributed by atoms with van der Waals surface area (Å²) in [6.45, 7) is 8.31. The van der Waals surface area contributed by atoms with Gasteiger partial charge in [-0.05, 0) is 50.3 Å². The molecule has 1 fully saturated rings. The number of hydrogen-bond acceptors (Lipinski definition) is 6. The Labute approximate surface area is 187 Å². The van der Waals surface area contributed by atoms with Crippen molar-refractivity contribution < 1.29 is 9.53 Å². The molecule has 0 aromatic carbocycles. The molecule has 9 nitrogen and oxygen atoms in total. The molecule has 1 aliphatic rings. The number of nitrogens with zero attached hydrogens (tertiary/aromatic N) is 4. The van der Waals surface area contributed by atoms with Gasteiger partial charge < -0.3 is 25.7 Å². The quantitative estimate of drug-likeness (QED) is 0.442. The molecular weight excluding hydrogens is 406 g/mol. The second-order valence-electron chi connectivity index (χ2n) is 8.39. The first kappa shape index (κ1) is 22.0. The summed E-state index contributed by atoms with van der Waals surface area (Å²) < 4.78 is 8.07. The fourth-order valence-electron chi connectivity index (χ4n) is 4.01. The maximum absolute atomic E-state index is 11.9. The Morgan fingerprint density at radius 2 is 2.12 bits per heavy atom.